The first-order valence-corrected chi connectivity index (χ1v) is 7.17. The lowest BCUT2D eigenvalue weighted by atomic mass is 10.2. The van der Waals surface area contributed by atoms with Crippen molar-refractivity contribution in [3.63, 3.8) is 0 Å². The Labute approximate surface area is 119 Å². The van der Waals surface area contributed by atoms with Crippen molar-refractivity contribution >= 4 is 11.8 Å². The molecular weight excluding hydrogens is 256 g/mol. The lowest BCUT2D eigenvalue weighted by Crippen LogP contribution is -2.47. The Morgan fingerprint density at radius 2 is 2.35 bits per heavy atom. The second-order valence-corrected chi connectivity index (χ2v) is 5.11. The molecule has 0 spiro atoms. The Morgan fingerprint density at radius 1 is 1.55 bits per heavy atom. The van der Waals surface area contributed by atoms with Crippen LogP contribution in [0.5, 0.6) is 0 Å². The van der Waals surface area contributed by atoms with E-state index >= 15 is 0 Å². The first kappa shape index (κ1) is 14.6. The Kier molecular flexibility index (Phi) is 4.76. The van der Waals surface area contributed by atoms with Crippen molar-refractivity contribution in [1.29, 1.82) is 0 Å². The maximum atomic E-state index is 12.2. The Hall–Kier alpha value is -1.85. The second-order valence-electron chi connectivity index (χ2n) is 5.11. The fourth-order valence-corrected chi connectivity index (χ4v) is 2.60. The molecule has 1 aromatic heterocycles. The monoisotopic (exact) mass is 278 g/mol. The van der Waals surface area contributed by atoms with E-state index in [0.29, 0.717) is 32.4 Å². The molecule has 2 heterocycles. The van der Waals surface area contributed by atoms with Crippen molar-refractivity contribution < 1.29 is 9.59 Å². The molecule has 1 aliphatic heterocycles. The van der Waals surface area contributed by atoms with Crippen LogP contribution in [0, 0.1) is 0 Å². The van der Waals surface area contributed by atoms with E-state index in [0.717, 1.165) is 12.2 Å². The predicted octanol–water partition coefficient (Wildman–Crippen LogP) is 0.480. The molecule has 1 atom stereocenters. The van der Waals surface area contributed by atoms with E-state index in [1.54, 1.807) is 11.1 Å². The first-order chi connectivity index (χ1) is 9.63. The van der Waals surface area contributed by atoms with Crippen molar-refractivity contribution in [3.05, 3.63) is 18.2 Å². The number of aromatic nitrogens is 2. The summed E-state index contributed by atoms with van der Waals surface area (Å²) in [5, 5.41) is 2.91. The topological polar surface area (TPSA) is 67.2 Å². The molecule has 6 nitrogen and oxygen atoms in total. The summed E-state index contributed by atoms with van der Waals surface area (Å²) in [6.07, 6.45) is 6.40. The highest BCUT2D eigenvalue weighted by Gasteiger charge is 2.31. The summed E-state index contributed by atoms with van der Waals surface area (Å²) >= 11 is 0. The minimum atomic E-state index is -0.327. The number of aryl methyl sites for hydroxylation is 1. The summed E-state index contributed by atoms with van der Waals surface area (Å²) in [4.78, 5) is 29.8. The molecule has 1 aromatic rings. The number of rotatable bonds is 6. The third kappa shape index (κ3) is 3.18. The highest BCUT2D eigenvalue weighted by Crippen LogP contribution is 2.15. The van der Waals surface area contributed by atoms with Gasteiger partial charge in [-0.25, -0.2) is 4.98 Å². The van der Waals surface area contributed by atoms with Gasteiger partial charge in [0, 0.05) is 45.4 Å². The van der Waals surface area contributed by atoms with E-state index in [-0.39, 0.29) is 17.9 Å². The third-order valence-corrected chi connectivity index (χ3v) is 3.74. The SMILES string of the molecule is CC[C@@H](C(=O)NCCc1nccn1C)N1CCCC1=O. The summed E-state index contributed by atoms with van der Waals surface area (Å²) in [5.74, 6) is 0.976. The van der Waals surface area contributed by atoms with E-state index in [1.807, 2.05) is 24.7 Å². The molecule has 0 aromatic carbocycles. The van der Waals surface area contributed by atoms with E-state index in [9.17, 15) is 9.59 Å². The zero-order valence-electron chi connectivity index (χ0n) is 12.1. The van der Waals surface area contributed by atoms with Crippen LogP contribution in [-0.2, 0) is 23.1 Å². The normalized spacial score (nSPS) is 16.5. The zero-order valence-corrected chi connectivity index (χ0v) is 12.1. The predicted molar refractivity (Wildman–Crippen MR) is 74.9 cm³/mol. The van der Waals surface area contributed by atoms with Crippen molar-refractivity contribution in [1.82, 2.24) is 19.8 Å². The van der Waals surface area contributed by atoms with Crippen LogP contribution >= 0.6 is 0 Å². The molecule has 1 N–H and O–H groups in total. The molecule has 110 valence electrons. The molecule has 6 heteroatoms. The van der Waals surface area contributed by atoms with Gasteiger partial charge in [0.25, 0.3) is 0 Å². The lowest BCUT2D eigenvalue weighted by molar-refractivity contribution is -0.137. The Morgan fingerprint density at radius 3 is 2.90 bits per heavy atom. The van der Waals surface area contributed by atoms with Gasteiger partial charge in [0.15, 0.2) is 0 Å². The number of amides is 2. The quantitative estimate of drug-likeness (QED) is 0.823. The fraction of sp³-hybridized carbons (Fsp3) is 0.643. The molecule has 0 unspecified atom stereocenters. The van der Waals surface area contributed by atoms with E-state index < -0.39 is 0 Å². The van der Waals surface area contributed by atoms with Crippen molar-refractivity contribution in [2.24, 2.45) is 7.05 Å². The van der Waals surface area contributed by atoms with Crippen molar-refractivity contribution in [2.45, 2.75) is 38.6 Å². The van der Waals surface area contributed by atoms with Crippen LogP contribution in [0.3, 0.4) is 0 Å². The average molecular weight is 278 g/mol. The van der Waals surface area contributed by atoms with Crippen LogP contribution in [0.25, 0.3) is 0 Å². The first-order valence-electron chi connectivity index (χ1n) is 7.17. The molecule has 1 fully saturated rings. The molecule has 2 amide bonds. The standard InChI is InChI=1S/C14H22N4O2/c1-3-11(18-9-4-5-13(18)19)14(20)16-7-6-12-15-8-10-17(12)2/h8,10-11H,3-7,9H2,1-2H3,(H,16,20)/t11-/m0/s1. The van der Waals surface area contributed by atoms with Gasteiger partial charge in [0.1, 0.15) is 11.9 Å². The smallest absolute Gasteiger partial charge is 0.242 e. The highest BCUT2D eigenvalue weighted by atomic mass is 16.2. The number of hydrogen-bond donors (Lipinski definition) is 1. The second kappa shape index (κ2) is 6.54. The van der Waals surface area contributed by atoms with Gasteiger partial charge in [-0.2, -0.15) is 0 Å². The van der Waals surface area contributed by atoms with Crippen LogP contribution in [0.1, 0.15) is 32.0 Å². The van der Waals surface area contributed by atoms with Gasteiger partial charge < -0.3 is 14.8 Å². The van der Waals surface area contributed by atoms with Gasteiger partial charge in [-0.1, -0.05) is 6.92 Å². The lowest BCUT2D eigenvalue weighted by Gasteiger charge is -2.25. The summed E-state index contributed by atoms with van der Waals surface area (Å²) in [7, 11) is 1.93. The van der Waals surface area contributed by atoms with Gasteiger partial charge in [0.2, 0.25) is 11.8 Å². The molecule has 0 bridgehead atoms. The molecule has 0 saturated carbocycles. The van der Waals surface area contributed by atoms with E-state index in [2.05, 4.69) is 10.3 Å². The van der Waals surface area contributed by atoms with Crippen LogP contribution < -0.4 is 5.32 Å². The van der Waals surface area contributed by atoms with Crippen LogP contribution in [0.15, 0.2) is 12.4 Å². The number of nitrogens with zero attached hydrogens (tertiary/aromatic N) is 3. The van der Waals surface area contributed by atoms with Crippen LogP contribution in [0.4, 0.5) is 0 Å². The summed E-state index contributed by atoms with van der Waals surface area (Å²) < 4.78 is 1.94. The fourth-order valence-electron chi connectivity index (χ4n) is 2.60. The van der Waals surface area contributed by atoms with Crippen LogP contribution in [0.2, 0.25) is 0 Å². The molecule has 1 saturated heterocycles. The molecule has 0 aliphatic carbocycles. The van der Waals surface area contributed by atoms with Crippen molar-refractivity contribution in [2.75, 3.05) is 13.1 Å². The van der Waals surface area contributed by atoms with Crippen LogP contribution in [-0.4, -0.2) is 45.4 Å². The van der Waals surface area contributed by atoms with Gasteiger partial charge in [-0.05, 0) is 12.8 Å². The minimum Gasteiger partial charge on any atom is -0.354 e. The zero-order chi connectivity index (χ0) is 14.5. The molecule has 20 heavy (non-hydrogen) atoms. The van der Waals surface area contributed by atoms with Gasteiger partial charge in [-0.15, -0.1) is 0 Å². The molecule has 2 rings (SSSR count). The summed E-state index contributed by atoms with van der Waals surface area (Å²) in [6.45, 7) is 3.18. The molecule has 1 aliphatic rings. The van der Waals surface area contributed by atoms with E-state index in [1.165, 1.54) is 0 Å². The summed E-state index contributed by atoms with van der Waals surface area (Å²) in [5.41, 5.74) is 0. The largest absolute Gasteiger partial charge is 0.354 e. The number of carbonyl (C=O) groups excluding carboxylic acids is 2. The van der Waals surface area contributed by atoms with Gasteiger partial charge in [0.05, 0.1) is 0 Å². The minimum absolute atomic E-state index is 0.0584. The Balaban J connectivity index is 1.83. The number of likely N-dealkylation sites (tertiary alicyclic amines) is 1. The van der Waals surface area contributed by atoms with Crippen molar-refractivity contribution in [3.8, 4) is 0 Å². The average Bonchev–Trinajstić information content (AvgIpc) is 3.01. The number of hydrogen-bond acceptors (Lipinski definition) is 3. The maximum Gasteiger partial charge on any atom is 0.242 e. The molecular formula is C14H22N4O2. The summed E-state index contributed by atoms with van der Waals surface area (Å²) in [6, 6.07) is -0.327. The third-order valence-electron chi connectivity index (χ3n) is 3.74. The number of nitrogens with one attached hydrogen (secondary N) is 1. The van der Waals surface area contributed by atoms with Gasteiger partial charge in [-0.3, -0.25) is 9.59 Å². The van der Waals surface area contributed by atoms with Gasteiger partial charge >= 0.3 is 0 Å². The Bertz CT molecular complexity index is 483. The number of carbonyl (C=O) groups is 2. The molecule has 0 radical (unpaired) electrons. The number of imidazole rings is 1. The highest BCUT2D eigenvalue weighted by molar-refractivity contribution is 5.88. The maximum absolute atomic E-state index is 12.2. The van der Waals surface area contributed by atoms with E-state index in [4.69, 9.17) is 0 Å².